The van der Waals surface area contributed by atoms with E-state index >= 15 is 0 Å². The summed E-state index contributed by atoms with van der Waals surface area (Å²) in [4.78, 5) is 4.75. The second-order valence-electron chi connectivity index (χ2n) is 13.9. The summed E-state index contributed by atoms with van der Waals surface area (Å²) in [5.74, 6) is 0. The van der Waals surface area contributed by atoms with Gasteiger partial charge in [0.2, 0.25) is 0 Å². The van der Waals surface area contributed by atoms with Gasteiger partial charge >= 0.3 is 0 Å². The van der Waals surface area contributed by atoms with Gasteiger partial charge in [-0.3, -0.25) is 0 Å². The first-order chi connectivity index (χ1) is 26.1. The second-order valence-corrected chi connectivity index (χ2v) is 13.9. The molecule has 1 aliphatic rings. The third kappa shape index (κ3) is 5.43. The van der Waals surface area contributed by atoms with Gasteiger partial charge in [-0.2, -0.15) is 0 Å². The van der Waals surface area contributed by atoms with Crippen molar-refractivity contribution in [1.82, 2.24) is 0 Å². The van der Waals surface area contributed by atoms with Crippen LogP contribution in [0.15, 0.2) is 206 Å². The van der Waals surface area contributed by atoms with Crippen LogP contribution >= 0.6 is 0 Å². The molecule has 53 heavy (non-hydrogen) atoms. The molecule has 0 radical (unpaired) electrons. The van der Waals surface area contributed by atoms with Crippen molar-refractivity contribution in [1.29, 1.82) is 0 Å². The summed E-state index contributed by atoms with van der Waals surface area (Å²) in [6, 6.07) is 75.0. The predicted molar refractivity (Wildman–Crippen MR) is 223 cm³/mol. The van der Waals surface area contributed by atoms with Gasteiger partial charge in [0.1, 0.15) is 0 Å². The van der Waals surface area contributed by atoms with Crippen LogP contribution in [0.5, 0.6) is 0 Å². The SMILES string of the molecule is Cc1ccccc1C1(c2ccccc2C)c2cc(N(c3ccccc3)c3ccccc3)ccc2-c2ccc(N(c3ccccc3)c3ccccc3)cc21. The van der Waals surface area contributed by atoms with Crippen LogP contribution in [0.25, 0.3) is 11.1 Å². The third-order valence-corrected chi connectivity index (χ3v) is 10.8. The van der Waals surface area contributed by atoms with Crippen LogP contribution in [0.2, 0.25) is 0 Å². The molecule has 1 aliphatic carbocycles. The maximum atomic E-state index is 2.46. The molecule has 9 rings (SSSR count). The van der Waals surface area contributed by atoms with Crippen molar-refractivity contribution in [3.05, 3.63) is 240 Å². The first-order valence-corrected chi connectivity index (χ1v) is 18.4. The summed E-state index contributed by atoms with van der Waals surface area (Å²) in [7, 11) is 0. The highest BCUT2D eigenvalue weighted by molar-refractivity contribution is 5.92. The van der Waals surface area contributed by atoms with Crippen molar-refractivity contribution in [2.75, 3.05) is 9.80 Å². The minimum atomic E-state index is -0.592. The van der Waals surface area contributed by atoms with Gasteiger partial charge in [-0.15, -0.1) is 0 Å². The Kier molecular flexibility index (Phi) is 8.21. The standard InChI is InChI=1S/C51H40N2/c1-37-19-15-17-29-47(37)51(48-30-18-16-20-38(48)2)49-35-43(52(39-21-7-3-8-22-39)40-23-9-4-10-24-40)31-33-45(49)46-34-32-44(36-50(46)51)53(41-25-11-5-12-26-41)42-27-13-6-14-28-42/h3-36H,1-2H3. The Morgan fingerprint density at radius 1 is 0.283 bits per heavy atom. The Labute approximate surface area is 312 Å². The zero-order valence-electron chi connectivity index (χ0n) is 30.0. The Balaban J connectivity index is 1.37. The maximum Gasteiger partial charge on any atom is 0.0720 e. The van der Waals surface area contributed by atoms with Crippen LogP contribution in [-0.4, -0.2) is 0 Å². The summed E-state index contributed by atoms with van der Waals surface area (Å²) < 4.78 is 0. The molecular formula is C51H40N2. The number of hydrogen-bond donors (Lipinski definition) is 0. The first-order valence-electron chi connectivity index (χ1n) is 18.4. The minimum absolute atomic E-state index is 0.592. The van der Waals surface area contributed by atoms with E-state index < -0.39 is 5.41 Å². The van der Waals surface area contributed by atoms with E-state index in [1.54, 1.807) is 0 Å². The number of anilines is 6. The number of aryl methyl sites for hydroxylation is 2. The van der Waals surface area contributed by atoms with E-state index in [1.165, 1.54) is 44.5 Å². The lowest BCUT2D eigenvalue weighted by molar-refractivity contribution is 0.754. The molecule has 0 bridgehead atoms. The quantitative estimate of drug-likeness (QED) is 0.158. The molecule has 0 fully saturated rings. The highest BCUT2D eigenvalue weighted by Gasteiger charge is 2.48. The van der Waals surface area contributed by atoms with Crippen molar-refractivity contribution in [2.24, 2.45) is 0 Å². The molecule has 2 nitrogen and oxygen atoms in total. The predicted octanol–water partition coefficient (Wildman–Crippen LogP) is 13.6. The number of rotatable bonds is 8. The van der Waals surface area contributed by atoms with Gasteiger partial charge in [-0.05, 0) is 131 Å². The zero-order chi connectivity index (χ0) is 35.8. The average molecular weight is 681 g/mol. The maximum absolute atomic E-state index is 2.46. The van der Waals surface area contributed by atoms with Gasteiger partial charge in [-0.1, -0.05) is 133 Å². The molecule has 0 N–H and O–H groups in total. The van der Waals surface area contributed by atoms with E-state index in [4.69, 9.17) is 0 Å². The summed E-state index contributed by atoms with van der Waals surface area (Å²) in [5, 5.41) is 0. The first kappa shape index (κ1) is 32.3. The summed E-state index contributed by atoms with van der Waals surface area (Å²) >= 11 is 0. The lowest BCUT2D eigenvalue weighted by Gasteiger charge is -2.37. The van der Waals surface area contributed by atoms with Crippen LogP contribution in [0.4, 0.5) is 34.1 Å². The van der Waals surface area contributed by atoms with Gasteiger partial charge in [0.15, 0.2) is 0 Å². The molecule has 2 heteroatoms. The summed E-state index contributed by atoms with van der Waals surface area (Å²) in [6.07, 6.45) is 0. The van der Waals surface area contributed by atoms with Crippen LogP contribution in [0, 0.1) is 13.8 Å². The third-order valence-electron chi connectivity index (χ3n) is 10.8. The van der Waals surface area contributed by atoms with Crippen molar-refractivity contribution < 1.29 is 0 Å². The smallest absolute Gasteiger partial charge is 0.0720 e. The van der Waals surface area contributed by atoms with Crippen LogP contribution in [0.1, 0.15) is 33.4 Å². The number of para-hydroxylation sites is 4. The van der Waals surface area contributed by atoms with E-state index in [-0.39, 0.29) is 0 Å². The Bertz CT molecular complexity index is 2270. The fourth-order valence-electron chi connectivity index (χ4n) is 8.49. The Morgan fingerprint density at radius 2 is 0.585 bits per heavy atom. The highest BCUT2D eigenvalue weighted by atomic mass is 15.1. The fourth-order valence-corrected chi connectivity index (χ4v) is 8.49. The number of nitrogens with zero attached hydrogens (tertiary/aromatic N) is 2. The van der Waals surface area contributed by atoms with Crippen LogP contribution in [-0.2, 0) is 5.41 Å². The molecule has 0 heterocycles. The molecule has 0 spiro atoms. The Morgan fingerprint density at radius 3 is 0.906 bits per heavy atom. The lowest BCUT2D eigenvalue weighted by atomic mass is 9.65. The average Bonchev–Trinajstić information content (AvgIpc) is 3.49. The van der Waals surface area contributed by atoms with E-state index in [1.807, 2.05) is 0 Å². The topological polar surface area (TPSA) is 6.48 Å². The number of fused-ring (bicyclic) bond motifs is 3. The van der Waals surface area contributed by atoms with Gasteiger partial charge in [-0.25, -0.2) is 0 Å². The number of benzene rings is 8. The largest absolute Gasteiger partial charge is 0.310 e. The van der Waals surface area contributed by atoms with Crippen molar-refractivity contribution in [3.63, 3.8) is 0 Å². The van der Waals surface area contributed by atoms with Crippen LogP contribution < -0.4 is 9.80 Å². The fraction of sp³-hybridized carbons (Fsp3) is 0.0588. The zero-order valence-corrected chi connectivity index (χ0v) is 30.0. The molecule has 0 aromatic heterocycles. The molecule has 0 aliphatic heterocycles. The van der Waals surface area contributed by atoms with Gasteiger partial charge in [0, 0.05) is 34.1 Å². The van der Waals surface area contributed by atoms with E-state index in [9.17, 15) is 0 Å². The highest BCUT2D eigenvalue weighted by Crippen LogP contribution is 2.59. The lowest BCUT2D eigenvalue weighted by Crippen LogP contribution is -2.31. The second kappa shape index (κ2) is 13.5. The molecule has 0 atom stereocenters. The molecule has 8 aromatic rings. The van der Waals surface area contributed by atoms with Crippen molar-refractivity contribution in [2.45, 2.75) is 19.3 Å². The molecule has 0 saturated carbocycles. The monoisotopic (exact) mass is 680 g/mol. The number of hydrogen-bond acceptors (Lipinski definition) is 2. The van der Waals surface area contributed by atoms with Gasteiger partial charge in [0.05, 0.1) is 5.41 Å². The van der Waals surface area contributed by atoms with E-state index in [0.717, 1.165) is 34.1 Å². The van der Waals surface area contributed by atoms with Crippen molar-refractivity contribution in [3.8, 4) is 11.1 Å². The van der Waals surface area contributed by atoms with E-state index in [0.29, 0.717) is 0 Å². The van der Waals surface area contributed by atoms with Gasteiger partial charge < -0.3 is 9.80 Å². The molecular weight excluding hydrogens is 641 g/mol. The molecule has 0 saturated heterocycles. The summed E-state index contributed by atoms with van der Waals surface area (Å²) in [6.45, 7) is 4.53. The Hall–Kier alpha value is -6.64. The summed E-state index contributed by atoms with van der Waals surface area (Å²) in [5.41, 5.74) is 16.3. The molecule has 0 unspecified atom stereocenters. The van der Waals surface area contributed by atoms with Crippen molar-refractivity contribution >= 4 is 34.1 Å². The molecule has 0 amide bonds. The molecule has 8 aromatic carbocycles. The minimum Gasteiger partial charge on any atom is -0.310 e. The molecule has 254 valence electrons. The normalized spacial score (nSPS) is 12.5. The van der Waals surface area contributed by atoms with Gasteiger partial charge in [0.25, 0.3) is 0 Å². The van der Waals surface area contributed by atoms with Crippen LogP contribution in [0.3, 0.4) is 0 Å². The van der Waals surface area contributed by atoms with E-state index in [2.05, 4.69) is 230 Å².